The summed E-state index contributed by atoms with van der Waals surface area (Å²) in [5, 5.41) is 4.07. The number of methoxy groups -OCH3 is 1. The second-order valence-corrected chi connectivity index (χ2v) is 7.73. The zero-order valence-electron chi connectivity index (χ0n) is 15.7. The molecule has 140 valence electrons. The summed E-state index contributed by atoms with van der Waals surface area (Å²) >= 11 is 0. The quantitative estimate of drug-likeness (QED) is 0.821. The molecule has 1 aromatic heterocycles. The van der Waals surface area contributed by atoms with Gasteiger partial charge in [-0.25, -0.2) is 0 Å². The molecule has 2 aromatic rings. The van der Waals surface area contributed by atoms with Crippen LogP contribution in [0.3, 0.4) is 0 Å². The highest BCUT2D eigenvalue weighted by molar-refractivity contribution is 5.23. The van der Waals surface area contributed by atoms with E-state index in [0.29, 0.717) is 24.0 Å². The third-order valence-corrected chi connectivity index (χ3v) is 6.13. The topological polar surface area (TPSA) is 54.6 Å². The largest absolute Gasteiger partial charge is 0.375 e. The fourth-order valence-electron chi connectivity index (χ4n) is 4.60. The molecule has 0 N–H and O–H groups in total. The van der Waals surface area contributed by atoms with Gasteiger partial charge in [-0.1, -0.05) is 35.5 Å². The van der Waals surface area contributed by atoms with Gasteiger partial charge in [0.15, 0.2) is 5.82 Å². The summed E-state index contributed by atoms with van der Waals surface area (Å²) in [4.78, 5) is 9.44. The number of hydrogen-bond donors (Lipinski definition) is 0. The van der Waals surface area contributed by atoms with Gasteiger partial charge in [-0.05, 0) is 37.8 Å². The number of piperidine rings is 1. The molecule has 2 saturated heterocycles. The van der Waals surface area contributed by atoms with E-state index < -0.39 is 0 Å². The second kappa shape index (κ2) is 7.47. The second-order valence-electron chi connectivity index (χ2n) is 7.73. The van der Waals surface area contributed by atoms with Gasteiger partial charge in [0.05, 0.1) is 6.54 Å². The Bertz CT molecular complexity index is 710. The Hall–Kier alpha value is -1.76. The van der Waals surface area contributed by atoms with Crippen molar-refractivity contribution in [3.8, 4) is 0 Å². The number of ether oxygens (including phenoxy) is 1. The lowest BCUT2D eigenvalue weighted by Crippen LogP contribution is -2.50. The lowest BCUT2D eigenvalue weighted by Gasteiger charge is -2.43. The molecular formula is C20H28N4O2. The van der Waals surface area contributed by atoms with E-state index in [0.717, 1.165) is 32.0 Å². The van der Waals surface area contributed by atoms with Gasteiger partial charge in [0, 0.05) is 32.3 Å². The van der Waals surface area contributed by atoms with Crippen LogP contribution in [-0.4, -0.2) is 59.3 Å². The fourth-order valence-corrected chi connectivity index (χ4v) is 4.60. The number of likely N-dealkylation sites (N-methyl/N-ethyl adjacent to an activating group) is 1. The van der Waals surface area contributed by atoms with E-state index in [1.807, 2.05) is 0 Å². The maximum atomic E-state index is 5.20. The van der Waals surface area contributed by atoms with Crippen LogP contribution in [0.15, 0.2) is 34.9 Å². The molecule has 0 unspecified atom stereocenters. The minimum absolute atomic E-state index is 0.343. The Labute approximate surface area is 155 Å². The first-order valence-corrected chi connectivity index (χ1v) is 9.47. The van der Waals surface area contributed by atoms with Gasteiger partial charge in [-0.3, -0.25) is 9.80 Å². The minimum atomic E-state index is 0.343. The molecule has 2 aliphatic heterocycles. The molecule has 1 aromatic carbocycles. The molecule has 3 heterocycles. The maximum Gasteiger partial charge on any atom is 0.252 e. The lowest BCUT2D eigenvalue weighted by atomic mass is 9.81. The van der Waals surface area contributed by atoms with Gasteiger partial charge in [0.2, 0.25) is 0 Å². The zero-order valence-corrected chi connectivity index (χ0v) is 15.7. The van der Waals surface area contributed by atoms with Crippen LogP contribution in [0.2, 0.25) is 0 Å². The molecule has 0 radical (unpaired) electrons. The van der Waals surface area contributed by atoms with E-state index in [1.165, 1.54) is 24.8 Å². The van der Waals surface area contributed by atoms with Crippen molar-refractivity contribution in [1.29, 1.82) is 0 Å². The van der Waals surface area contributed by atoms with E-state index in [9.17, 15) is 0 Å². The van der Waals surface area contributed by atoms with Crippen molar-refractivity contribution in [3.05, 3.63) is 47.6 Å². The van der Waals surface area contributed by atoms with Crippen LogP contribution in [-0.2, 0) is 17.9 Å². The van der Waals surface area contributed by atoms with Gasteiger partial charge in [0.1, 0.15) is 6.61 Å². The third-order valence-electron chi connectivity index (χ3n) is 6.13. The maximum absolute atomic E-state index is 5.20. The zero-order chi connectivity index (χ0) is 18.0. The number of aromatic nitrogens is 2. The van der Waals surface area contributed by atoms with Gasteiger partial charge in [-0.15, -0.1) is 0 Å². The van der Waals surface area contributed by atoms with Crippen LogP contribution in [0.4, 0.5) is 0 Å². The molecule has 0 saturated carbocycles. The molecule has 1 atom stereocenters. The van der Waals surface area contributed by atoms with E-state index in [1.54, 1.807) is 7.11 Å². The van der Waals surface area contributed by atoms with Crippen molar-refractivity contribution >= 4 is 0 Å². The van der Waals surface area contributed by atoms with Crippen molar-refractivity contribution in [2.75, 3.05) is 33.8 Å². The normalized spacial score (nSPS) is 23.7. The summed E-state index contributed by atoms with van der Waals surface area (Å²) in [6.45, 7) is 4.46. The summed E-state index contributed by atoms with van der Waals surface area (Å²) in [7, 11) is 3.93. The number of benzene rings is 1. The number of rotatable bonds is 5. The van der Waals surface area contributed by atoms with E-state index in [-0.39, 0.29) is 0 Å². The Morgan fingerprint density at radius 2 is 2.00 bits per heavy atom. The number of hydrogen-bond acceptors (Lipinski definition) is 6. The van der Waals surface area contributed by atoms with Crippen molar-refractivity contribution < 1.29 is 9.26 Å². The smallest absolute Gasteiger partial charge is 0.252 e. The van der Waals surface area contributed by atoms with E-state index in [2.05, 4.69) is 57.3 Å². The predicted molar refractivity (Wildman–Crippen MR) is 98.7 cm³/mol. The Morgan fingerprint density at radius 3 is 2.73 bits per heavy atom. The van der Waals surface area contributed by atoms with Crippen LogP contribution in [0.1, 0.15) is 42.5 Å². The molecule has 1 spiro atoms. The highest BCUT2D eigenvalue weighted by Gasteiger charge is 2.45. The Balaban J connectivity index is 1.35. The molecule has 2 aliphatic rings. The standard InChI is InChI=1S/C20H28N4O2/c1-23-13-17(16-6-4-3-5-7-16)12-20(23)8-10-24(11-9-20)14-18-21-19(15-25-2)26-22-18/h3-7,17H,8-15H2,1-2H3/t17-/m1/s1. The van der Waals surface area contributed by atoms with E-state index >= 15 is 0 Å². The van der Waals surface area contributed by atoms with Crippen molar-refractivity contribution in [2.24, 2.45) is 0 Å². The van der Waals surface area contributed by atoms with Gasteiger partial charge in [0.25, 0.3) is 5.89 Å². The molecule has 0 amide bonds. The first-order valence-electron chi connectivity index (χ1n) is 9.47. The monoisotopic (exact) mass is 356 g/mol. The predicted octanol–water partition coefficient (Wildman–Crippen LogP) is 2.67. The summed E-state index contributed by atoms with van der Waals surface area (Å²) < 4.78 is 10.2. The number of nitrogens with zero attached hydrogens (tertiary/aromatic N) is 4. The summed E-state index contributed by atoms with van der Waals surface area (Å²) in [5.74, 6) is 1.97. The molecular weight excluding hydrogens is 328 g/mol. The fraction of sp³-hybridized carbons (Fsp3) is 0.600. The average Bonchev–Trinajstić information content (AvgIpc) is 3.23. The van der Waals surface area contributed by atoms with Crippen LogP contribution < -0.4 is 0 Å². The van der Waals surface area contributed by atoms with Crippen LogP contribution >= 0.6 is 0 Å². The number of likely N-dealkylation sites (tertiary alicyclic amines) is 2. The molecule has 6 nitrogen and oxygen atoms in total. The SMILES string of the molecule is COCc1nc(CN2CCC3(CC2)C[C@@H](c2ccccc2)CN3C)no1. The Kier molecular flexibility index (Phi) is 5.07. The van der Waals surface area contributed by atoms with Crippen molar-refractivity contribution in [3.63, 3.8) is 0 Å². The third kappa shape index (κ3) is 3.54. The molecule has 0 bridgehead atoms. The summed E-state index contributed by atoms with van der Waals surface area (Å²) in [5.41, 5.74) is 1.83. The van der Waals surface area contributed by atoms with E-state index in [4.69, 9.17) is 9.26 Å². The average molecular weight is 356 g/mol. The molecule has 4 rings (SSSR count). The highest BCUT2D eigenvalue weighted by atomic mass is 16.5. The van der Waals surface area contributed by atoms with Crippen LogP contribution in [0.5, 0.6) is 0 Å². The first-order chi connectivity index (χ1) is 12.7. The molecule has 0 aliphatic carbocycles. The Morgan fingerprint density at radius 1 is 1.23 bits per heavy atom. The lowest BCUT2D eigenvalue weighted by molar-refractivity contribution is 0.0657. The van der Waals surface area contributed by atoms with Crippen LogP contribution in [0, 0.1) is 0 Å². The van der Waals surface area contributed by atoms with Gasteiger partial charge in [-0.2, -0.15) is 4.98 Å². The van der Waals surface area contributed by atoms with Crippen LogP contribution in [0.25, 0.3) is 0 Å². The minimum Gasteiger partial charge on any atom is -0.375 e. The highest BCUT2D eigenvalue weighted by Crippen LogP contribution is 2.44. The summed E-state index contributed by atoms with van der Waals surface area (Å²) in [6.07, 6.45) is 3.67. The van der Waals surface area contributed by atoms with Crippen molar-refractivity contribution in [1.82, 2.24) is 19.9 Å². The van der Waals surface area contributed by atoms with Gasteiger partial charge >= 0.3 is 0 Å². The molecule has 2 fully saturated rings. The first kappa shape index (κ1) is 17.6. The van der Waals surface area contributed by atoms with Gasteiger partial charge < -0.3 is 9.26 Å². The molecule has 26 heavy (non-hydrogen) atoms. The summed E-state index contributed by atoms with van der Waals surface area (Å²) in [6, 6.07) is 11.0. The molecule has 6 heteroatoms. The van der Waals surface area contributed by atoms with Crippen molar-refractivity contribution in [2.45, 2.75) is 43.9 Å².